The molecule has 0 amide bonds. The smallest absolute Gasteiger partial charge is 0.200 e. The zero-order valence-corrected chi connectivity index (χ0v) is 53.4. The van der Waals surface area contributed by atoms with Crippen molar-refractivity contribution in [2.24, 2.45) is 37.4 Å². The van der Waals surface area contributed by atoms with Gasteiger partial charge in [-0.05, 0) is 236 Å². The molecule has 0 aliphatic heterocycles. The average Bonchev–Trinajstić information content (AvgIpc) is 2.24. The second kappa shape index (κ2) is 24.1. The van der Waals surface area contributed by atoms with E-state index in [1.165, 1.54) is 230 Å². The number of nitrogens with zero attached hydrogens (tertiary/aromatic N) is 3. The maximum Gasteiger partial charge on any atom is 0.212 e. The largest absolute Gasteiger partial charge is 0.212 e. The van der Waals surface area contributed by atoms with Gasteiger partial charge >= 0.3 is 0 Å². The molecule has 6 aliphatic carbocycles. The minimum absolute atomic E-state index is 0.577. The molecule has 0 saturated heterocycles. The molecule has 3 nitrogen and oxygen atoms in total. The van der Waals surface area contributed by atoms with Crippen molar-refractivity contribution < 1.29 is 13.7 Å². The van der Waals surface area contributed by atoms with Crippen LogP contribution in [0.3, 0.4) is 0 Å². The summed E-state index contributed by atoms with van der Waals surface area (Å²) in [6, 6.07) is 57.0. The van der Waals surface area contributed by atoms with Gasteiger partial charge in [0.2, 0.25) is 17.1 Å². The number of aryl methyl sites for hydroxylation is 9. The highest BCUT2D eigenvalue weighted by Crippen LogP contribution is 2.51. The Bertz CT molecular complexity index is 3980. The first kappa shape index (κ1) is 57.8. The summed E-state index contributed by atoms with van der Waals surface area (Å²) in [7, 11) is 6.51. The van der Waals surface area contributed by atoms with Crippen LogP contribution in [0.1, 0.15) is 158 Å². The Morgan fingerprint density at radius 1 is 0.267 bits per heavy atom. The van der Waals surface area contributed by atoms with Gasteiger partial charge in [0, 0.05) is 51.6 Å². The first-order chi connectivity index (χ1) is 41.7. The van der Waals surface area contributed by atoms with Crippen molar-refractivity contribution >= 4 is 0 Å². The van der Waals surface area contributed by atoms with Crippen molar-refractivity contribution in [3.8, 4) is 67.2 Å². The highest BCUT2D eigenvalue weighted by molar-refractivity contribution is 5.73. The Kier molecular flexibility index (Phi) is 16.2. The third-order valence-electron chi connectivity index (χ3n) is 22.2. The fourth-order valence-corrected chi connectivity index (χ4v) is 17.2. The molecule has 0 bridgehead atoms. The first-order valence-electron chi connectivity index (χ1n) is 33.3. The quantitative estimate of drug-likeness (QED) is 0.147. The molecule has 6 aliphatic rings. The van der Waals surface area contributed by atoms with Crippen LogP contribution in [-0.4, -0.2) is 0 Å². The predicted molar refractivity (Wildman–Crippen MR) is 358 cm³/mol. The zero-order chi connectivity index (χ0) is 59.2. The highest BCUT2D eigenvalue weighted by atomic mass is 14.9. The summed E-state index contributed by atoms with van der Waals surface area (Å²) in [6.45, 7) is 11.1. The van der Waals surface area contributed by atoms with Crippen LogP contribution in [-0.2, 0) is 59.7 Å². The topological polar surface area (TPSA) is 11.6 Å². The number of fused-ring (bicyclic) bond motifs is 3. The van der Waals surface area contributed by atoms with E-state index in [4.69, 9.17) is 0 Å². The molecule has 3 fully saturated rings. The normalized spacial score (nSPS) is 17.5. The Morgan fingerprint density at radius 3 is 1.09 bits per heavy atom. The summed E-state index contributed by atoms with van der Waals surface area (Å²) in [5, 5.41) is 0. The Morgan fingerprint density at radius 2 is 0.628 bits per heavy atom. The van der Waals surface area contributed by atoms with E-state index in [1.807, 2.05) is 0 Å². The molecule has 3 heterocycles. The molecule has 6 aromatic carbocycles. The second-order valence-electron chi connectivity index (χ2n) is 28.3. The van der Waals surface area contributed by atoms with E-state index in [0.717, 1.165) is 0 Å². The molecule has 3 spiro atoms. The van der Waals surface area contributed by atoms with Crippen molar-refractivity contribution in [1.29, 1.82) is 0 Å². The second-order valence-corrected chi connectivity index (χ2v) is 28.3. The van der Waals surface area contributed by atoms with E-state index in [1.54, 1.807) is 33.4 Å². The van der Waals surface area contributed by atoms with Crippen LogP contribution in [0.15, 0.2) is 170 Å². The van der Waals surface area contributed by atoms with E-state index in [2.05, 4.69) is 240 Å². The van der Waals surface area contributed by atoms with Gasteiger partial charge in [-0.1, -0.05) is 161 Å². The minimum Gasteiger partial charge on any atom is -0.200 e. The molecule has 0 N–H and O–H groups in total. The van der Waals surface area contributed by atoms with Crippen molar-refractivity contribution in [1.82, 2.24) is 0 Å². The molecule has 3 heteroatoms. The van der Waals surface area contributed by atoms with Crippen LogP contribution < -0.4 is 13.7 Å². The van der Waals surface area contributed by atoms with Crippen LogP contribution in [0.2, 0.25) is 0 Å². The molecule has 9 aromatic rings. The lowest BCUT2D eigenvalue weighted by molar-refractivity contribution is -0.660. The first-order valence-corrected chi connectivity index (χ1v) is 33.3. The predicted octanol–water partition coefficient (Wildman–Crippen LogP) is 19.2. The lowest BCUT2D eigenvalue weighted by Crippen LogP contribution is -2.31. The monoisotopic (exact) mass is 1130 g/mol. The Labute approximate surface area is 516 Å². The summed E-state index contributed by atoms with van der Waals surface area (Å²) in [5.41, 5.74) is 34.0. The van der Waals surface area contributed by atoms with Gasteiger partial charge in [-0.3, -0.25) is 0 Å². The molecule has 0 unspecified atom stereocenters. The van der Waals surface area contributed by atoms with Crippen molar-refractivity contribution in [3.63, 3.8) is 0 Å². The van der Waals surface area contributed by atoms with E-state index in [9.17, 15) is 0 Å². The third kappa shape index (κ3) is 11.7. The molecule has 3 aromatic heterocycles. The van der Waals surface area contributed by atoms with Crippen LogP contribution in [0.4, 0.5) is 0 Å². The van der Waals surface area contributed by atoms with E-state index in [-0.39, 0.29) is 0 Å². The standard InChI is InChI=1S/2C28H32N.C27H30N/c1-20-9-5-6-10-25(20)27-15-21(2)26(19-29(27)3)22-11-12-23-17-28(18-24(23)16-22)13-7-4-8-14-28;1-21-8-4-5-9-26(21)27-13-12-25(20-29(27)2)22-10-11-24-19-28(15-6-3-7-16-28)17-14-23(24)18-22;1-19-8-4-5-9-24(19)26-14-20(2)25(18-28(26)3)21-10-11-22-16-27(12-6-7-13-27)17-23(22)15-21/h5-6,9-12,15-16,19H,4,7-8,13-14,17-18H2,1-3H3;4-5,8-13,18,20H,3,6-7,14-17,19H2,1-2H3;4-5,8-11,14-15,18H,6-7,12-13,16-17H2,1-3H3/q3*+1. The lowest BCUT2D eigenvalue weighted by Gasteiger charge is -2.41. The summed E-state index contributed by atoms with van der Waals surface area (Å²) in [5.74, 6) is 0. The van der Waals surface area contributed by atoms with Crippen LogP contribution in [0.5, 0.6) is 0 Å². The lowest BCUT2D eigenvalue weighted by atomic mass is 9.64. The highest BCUT2D eigenvalue weighted by Gasteiger charge is 2.41. The van der Waals surface area contributed by atoms with Gasteiger partial charge in [0.15, 0.2) is 18.6 Å². The zero-order valence-electron chi connectivity index (χ0n) is 53.4. The molecule has 3 saturated carbocycles. The number of hydrogen-bond acceptors (Lipinski definition) is 0. The van der Waals surface area contributed by atoms with Gasteiger partial charge in [0.25, 0.3) is 0 Å². The van der Waals surface area contributed by atoms with Gasteiger partial charge in [-0.2, -0.15) is 0 Å². The van der Waals surface area contributed by atoms with Gasteiger partial charge in [0.1, 0.15) is 21.1 Å². The molecule has 15 rings (SSSR count). The molecular weight excluding hydrogens is 1040 g/mol. The molecule has 438 valence electrons. The number of aromatic nitrogens is 3. The van der Waals surface area contributed by atoms with Crippen molar-refractivity contribution in [2.75, 3.05) is 0 Å². The van der Waals surface area contributed by atoms with E-state index >= 15 is 0 Å². The Balaban J connectivity index is 0.000000120. The number of hydrogen-bond donors (Lipinski definition) is 0. The van der Waals surface area contributed by atoms with Crippen molar-refractivity contribution in [2.45, 2.75) is 169 Å². The molecule has 0 atom stereocenters. The third-order valence-corrected chi connectivity index (χ3v) is 22.2. The van der Waals surface area contributed by atoms with E-state index in [0.29, 0.717) is 16.2 Å². The fraction of sp³-hybridized carbons (Fsp3) is 0.386. The van der Waals surface area contributed by atoms with Gasteiger partial charge < -0.3 is 0 Å². The van der Waals surface area contributed by atoms with Gasteiger partial charge in [-0.25, -0.2) is 13.7 Å². The van der Waals surface area contributed by atoms with Crippen molar-refractivity contribution in [3.05, 3.63) is 231 Å². The van der Waals surface area contributed by atoms with Crippen LogP contribution >= 0.6 is 0 Å². The van der Waals surface area contributed by atoms with E-state index < -0.39 is 0 Å². The molecule has 0 radical (unpaired) electrons. The van der Waals surface area contributed by atoms with Crippen LogP contribution in [0.25, 0.3) is 67.2 Å². The molecule has 86 heavy (non-hydrogen) atoms. The fourth-order valence-electron chi connectivity index (χ4n) is 17.2. The number of pyridine rings is 3. The van der Waals surface area contributed by atoms with Gasteiger partial charge in [-0.15, -0.1) is 0 Å². The van der Waals surface area contributed by atoms with Crippen LogP contribution in [0, 0.1) is 50.9 Å². The maximum atomic E-state index is 2.49. The summed E-state index contributed by atoms with van der Waals surface area (Å²) >= 11 is 0. The summed E-state index contributed by atoms with van der Waals surface area (Å²) < 4.78 is 6.85. The maximum absolute atomic E-state index is 2.49. The summed E-state index contributed by atoms with van der Waals surface area (Å²) in [4.78, 5) is 0. The number of rotatable bonds is 6. The minimum atomic E-state index is 0.577. The molecular formula is C83H94N3+3. The SMILES string of the molecule is Cc1cc(-c2ccccc2C)[n+](C)cc1-c1ccc2c(c1)CC1(CCCC1)C2.Cc1cc(-c2ccccc2C)[n+](C)cc1-c1ccc2c(c1)CC1(CCCCC1)C2.Cc1ccccc1-c1ccc(-c2ccc3c(c2)CCC2(CCCCC2)C3)c[n+]1C. The number of benzene rings is 6. The van der Waals surface area contributed by atoms with Gasteiger partial charge in [0.05, 0.1) is 0 Å². The Hall–Kier alpha value is -7.23. The summed E-state index contributed by atoms with van der Waals surface area (Å²) in [6.07, 6.45) is 36.2. The average molecular weight is 1130 g/mol.